The highest BCUT2D eigenvalue weighted by atomic mass is 16.3. The largest absolute Gasteiger partial charge is 0.434 e. The molecule has 0 aromatic carbocycles. The van der Waals surface area contributed by atoms with Gasteiger partial charge in [0, 0.05) is 6.07 Å². The van der Waals surface area contributed by atoms with Crippen LogP contribution in [0.25, 0.3) is 0 Å². The van der Waals surface area contributed by atoms with Crippen LogP contribution in [0.1, 0.15) is 0 Å². The van der Waals surface area contributed by atoms with E-state index >= 15 is 0 Å². The Labute approximate surface area is 45.0 Å². The molecule has 0 saturated heterocycles. The summed E-state index contributed by atoms with van der Waals surface area (Å²) in [5, 5.41) is 0. The molecule has 42 valence electrons. The molecule has 0 atom stereocenters. The Morgan fingerprint density at radius 1 is 1.75 bits per heavy atom. The Balaban J connectivity index is 3.28. The first-order chi connectivity index (χ1) is 3.79. The summed E-state index contributed by atoms with van der Waals surface area (Å²) < 4.78 is 4.47. The van der Waals surface area contributed by atoms with Crippen molar-refractivity contribution in [1.29, 1.82) is 0 Å². The van der Waals surface area contributed by atoms with Crippen molar-refractivity contribution in [2.45, 2.75) is 0 Å². The lowest BCUT2D eigenvalue weighted by Gasteiger charge is -1.82. The molecule has 0 saturated carbocycles. The Hall–Kier alpha value is -1.32. The van der Waals surface area contributed by atoms with Gasteiger partial charge in [0.2, 0.25) is 0 Å². The number of hydrogen-bond acceptors (Lipinski definition) is 4. The maximum atomic E-state index is 10.2. The SMILES string of the molecule is Nc1nc(=O)cco1. The summed E-state index contributed by atoms with van der Waals surface area (Å²) in [7, 11) is 0. The van der Waals surface area contributed by atoms with Crippen LogP contribution in [0.15, 0.2) is 21.5 Å². The molecule has 0 radical (unpaired) electrons. The highest BCUT2D eigenvalue weighted by molar-refractivity contribution is 5.05. The third-order valence-corrected chi connectivity index (χ3v) is 0.620. The smallest absolute Gasteiger partial charge is 0.295 e. The van der Waals surface area contributed by atoms with Crippen LogP contribution in [0, 0.1) is 0 Å². The van der Waals surface area contributed by atoms with Gasteiger partial charge >= 0.3 is 0 Å². The van der Waals surface area contributed by atoms with E-state index in [2.05, 4.69) is 9.40 Å². The van der Waals surface area contributed by atoms with E-state index in [-0.39, 0.29) is 11.6 Å². The zero-order valence-electron chi connectivity index (χ0n) is 4.00. The second-order valence-electron chi connectivity index (χ2n) is 1.21. The number of anilines is 1. The average molecular weight is 112 g/mol. The Kier molecular flexibility index (Phi) is 0.997. The fourth-order valence-electron chi connectivity index (χ4n) is 0.334. The van der Waals surface area contributed by atoms with Gasteiger partial charge in [0.25, 0.3) is 11.6 Å². The molecule has 2 N–H and O–H groups in total. The number of nitrogens with zero attached hydrogens (tertiary/aromatic N) is 1. The van der Waals surface area contributed by atoms with Crippen LogP contribution in [0.4, 0.5) is 6.01 Å². The lowest BCUT2D eigenvalue weighted by molar-refractivity contribution is 0.548. The van der Waals surface area contributed by atoms with Crippen molar-refractivity contribution in [2.24, 2.45) is 0 Å². The number of nitrogens with two attached hydrogens (primary N) is 1. The van der Waals surface area contributed by atoms with E-state index in [0.29, 0.717) is 0 Å². The number of hydrogen-bond donors (Lipinski definition) is 1. The highest BCUT2D eigenvalue weighted by Crippen LogP contribution is 1.85. The van der Waals surface area contributed by atoms with Crippen LogP contribution in [-0.4, -0.2) is 4.98 Å². The first-order valence-corrected chi connectivity index (χ1v) is 2.00. The summed E-state index contributed by atoms with van der Waals surface area (Å²) in [6.07, 6.45) is 1.20. The van der Waals surface area contributed by atoms with Gasteiger partial charge in [-0.1, -0.05) is 0 Å². The molecule has 0 bridgehead atoms. The van der Waals surface area contributed by atoms with Crippen LogP contribution in [-0.2, 0) is 0 Å². The number of rotatable bonds is 0. The van der Waals surface area contributed by atoms with Crippen LogP contribution >= 0.6 is 0 Å². The number of nitrogen functional groups attached to an aromatic ring is 1. The second-order valence-corrected chi connectivity index (χ2v) is 1.21. The summed E-state index contributed by atoms with van der Waals surface area (Å²) in [5.41, 5.74) is 4.60. The molecule has 0 aliphatic heterocycles. The lowest BCUT2D eigenvalue weighted by atomic mass is 10.7. The molecule has 1 heterocycles. The van der Waals surface area contributed by atoms with E-state index in [4.69, 9.17) is 5.73 Å². The predicted octanol–water partition coefficient (Wildman–Crippen LogP) is -0.383. The van der Waals surface area contributed by atoms with Crippen LogP contribution < -0.4 is 11.3 Å². The van der Waals surface area contributed by atoms with Crippen molar-refractivity contribution in [3.05, 3.63) is 22.7 Å². The fraction of sp³-hybridized carbons (Fsp3) is 0. The third-order valence-electron chi connectivity index (χ3n) is 0.620. The van der Waals surface area contributed by atoms with Gasteiger partial charge in [0.05, 0.1) is 0 Å². The lowest BCUT2D eigenvalue weighted by Crippen LogP contribution is -2.04. The molecule has 0 fully saturated rings. The molecular formula is C4H4N2O2. The minimum atomic E-state index is -0.381. The second kappa shape index (κ2) is 1.65. The maximum Gasteiger partial charge on any atom is 0.295 e. The minimum Gasteiger partial charge on any atom is -0.434 e. The van der Waals surface area contributed by atoms with Crippen molar-refractivity contribution in [1.82, 2.24) is 4.98 Å². The first-order valence-electron chi connectivity index (χ1n) is 2.00. The Morgan fingerprint density at radius 2 is 2.50 bits per heavy atom. The van der Waals surface area contributed by atoms with E-state index < -0.39 is 0 Å². The molecule has 0 unspecified atom stereocenters. The molecule has 4 heteroatoms. The van der Waals surface area contributed by atoms with E-state index in [0.717, 1.165) is 0 Å². The summed E-state index contributed by atoms with van der Waals surface area (Å²) in [6.45, 7) is 0. The Morgan fingerprint density at radius 3 is 2.88 bits per heavy atom. The standard InChI is InChI=1S/C4H4N2O2/c5-4-6-3(7)1-2-8-4/h1-2H,(H2,5,6,7). The van der Waals surface area contributed by atoms with Gasteiger partial charge in [-0.25, -0.2) is 0 Å². The van der Waals surface area contributed by atoms with Crippen molar-refractivity contribution in [3.8, 4) is 0 Å². The topological polar surface area (TPSA) is 69.1 Å². The minimum absolute atomic E-state index is 0.0995. The summed E-state index contributed by atoms with van der Waals surface area (Å²) >= 11 is 0. The molecule has 1 aromatic heterocycles. The van der Waals surface area contributed by atoms with Crippen molar-refractivity contribution in [2.75, 3.05) is 5.73 Å². The molecule has 0 aliphatic rings. The monoisotopic (exact) mass is 112 g/mol. The fourth-order valence-corrected chi connectivity index (χ4v) is 0.334. The van der Waals surface area contributed by atoms with E-state index in [1.165, 1.54) is 12.3 Å². The molecule has 1 rings (SSSR count). The molecule has 1 aromatic rings. The van der Waals surface area contributed by atoms with E-state index in [9.17, 15) is 4.79 Å². The highest BCUT2D eigenvalue weighted by Gasteiger charge is 1.84. The van der Waals surface area contributed by atoms with Gasteiger partial charge in [-0.15, -0.1) is 0 Å². The maximum absolute atomic E-state index is 10.2. The summed E-state index contributed by atoms with van der Waals surface area (Å²) in [5.74, 6) is 0. The first kappa shape index (κ1) is 4.83. The van der Waals surface area contributed by atoms with Crippen LogP contribution in [0.2, 0.25) is 0 Å². The van der Waals surface area contributed by atoms with Crippen LogP contribution in [0.5, 0.6) is 0 Å². The van der Waals surface area contributed by atoms with E-state index in [1.807, 2.05) is 0 Å². The van der Waals surface area contributed by atoms with Crippen molar-refractivity contribution >= 4 is 6.01 Å². The molecule has 8 heavy (non-hydrogen) atoms. The van der Waals surface area contributed by atoms with Gasteiger partial charge in [0.15, 0.2) is 0 Å². The van der Waals surface area contributed by atoms with Gasteiger partial charge < -0.3 is 10.2 Å². The van der Waals surface area contributed by atoms with Gasteiger partial charge in [-0.05, 0) is 0 Å². The molecule has 0 spiro atoms. The van der Waals surface area contributed by atoms with Gasteiger partial charge in [0.1, 0.15) is 6.26 Å². The Bertz CT molecular complexity index is 229. The predicted molar refractivity (Wildman–Crippen MR) is 27.2 cm³/mol. The molecule has 4 nitrogen and oxygen atoms in total. The van der Waals surface area contributed by atoms with Crippen molar-refractivity contribution < 1.29 is 4.42 Å². The summed E-state index contributed by atoms with van der Waals surface area (Å²) in [6, 6.07) is 1.09. The molecule has 0 amide bonds. The summed E-state index contributed by atoms with van der Waals surface area (Å²) in [4.78, 5) is 13.5. The third kappa shape index (κ3) is 0.841. The average Bonchev–Trinajstić information content (AvgIpc) is 1.64. The normalized spacial score (nSPS) is 9.00. The quantitative estimate of drug-likeness (QED) is 0.496. The van der Waals surface area contributed by atoms with Gasteiger partial charge in [-0.2, -0.15) is 4.98 Å². The molecule has 0 aliphatic carbocycles. The zero-order chi connectivity index (χ0) is 5.98. The number of aromatic nitrogens is 1. The van der Waals surface area contributed by atoms with Crippen LogP contribution in [0.3, 0.4) is 0 Å². The van der Waals surface area contributed by atoms with Gasteiger partial charge in [-0.3, -0.25) is 4.79 Å². The molecular weight excluding hydrogens is 108 g/mol. The van der Waals surface area contributed by atoms with E-state index in [1.54, 1.807) is 0 Å². The van der Waals surface area contributed by atoms with Crippen molar-refractivity contribution in [3.63, 3.8) is 0 Å². The zero-order valence-corrected chi connectivity index (χ0v) is 4.00.